The minimum atomic E-state index is -1.02. The van der Waals surface area contributed by atoms with Gasteiger partial charge < -0.3 is 24.1 Å². The third-order valence-electron chi connectivity index (χ3n) is 6.25. The van der Waals surface area contributed by atoms with Gasteiger partial charge in [-0.25, -0.2) is 4.79 Å². The van der Waals surface area contributed by atoms with Gasteiger partial charge in [0.25, 0.3) is 0 Å². The number of aliphatic hydroxyl groups is 1. The molecular formula is C25H24O7. The molecule has 6 atom stereocenters. The number of fused-ring (bicyclic) bond motifs is 2. The van der Waals surface area contributed by atoms with E-state index in [-0.39, 0.29) is 30.3 Å². The van der Waals surface area contributed by atoms with Crippen LogP contribution in [0.15, 0.2) is 66.7 Å². The van der Waals surface area contributed by atoms with Crippen LogP contribution >= 0.6 is 0 Å². The fourth-order valence-corrected chi connectivity index (χ4v) is 4.64. The Bertz CT molecular complexity index is 1020. The fourth-order valence-electron chi connectivity index (χ4n) is 4.64. The topological polar surface area (TPSA) is 91.3 Å². The Morgan fingerprint density at radius 3 is 2.72 bits per heavy atom. The second-order valence-corrected chi connectivity index (χ2v) is 8.30. The molecule has 2 aromatic carbocycles. The number of benzene rings is 2. The molecule has 2 heterocycles. The van der Waals surface area contributed by atoms with Gasteiger partial charge in [-0.1, -0.05) is 48.6 Å². The van der Waals surface area contributed by atoms with E-state index in [1.165, 1.54) is 0 Å². The Morgan fingerprint density at radius 1 is 1.09 bits per heavy atom. The predicted molar refractivity (Wildman–Crippen MR) is 113 cm³/mol. The number of aliphatic hydroxyl groups excluding tert-OH is 1. The van der Waals surface area contributed by atoms with E-state index in [0.717, 1.165) is 5.56 Å². The highest BCUT2D eigenvalue weighted by molar-refractivity contribution is 5.89. The Hall–Kier alpha value is -3.16. The van der Waals surface area contributed by atoms with Crippen molar-refractivity contribution < 1.29 is 33.6 Å². The molecular weight excluding hydrogens is 412 g/mol. The van der Waals surface area contributed by atoms with Gasteiger partial charge in [0.2, 0.25) is 6.29 Å². The van der Waals surface area contributed by atoms with E-state index in [0.29, 0.717) is 24.3 Å². The van der Waals surface area contributed by atoms with Crippen molar-refractivity contribution in [2.24, 2.45) is 11.8 Å². The van der Waals surface area contributed by atoms with Crippen LogP contribution in [0.3, 0.4) is 0 Å². The van der Waals surface area contributed by atoms with Gasteiger partial charge in [0.05, 0.1) is 18.6 Å². The zero-order chi connectivity index (χ0) is 22.1. The summed E-state index contributed by atoms with van der Waals surface area (Å²) in [6.45, 7) is 0.347. The van der Waals surface area contributed by atoms with E-state index in [1.54, 1.807) is 36.4 Å². The van der Waals surface area contributed by atoms with Crippen LogP contribution < -0.4 is 4.74 Å². The van der Waals surface area contributed by atoms with Gasteiger partial charge in [0.15, 0.2) is 0 Å². The van der Waals surface area contributed by atoms with Crippen LogP contribution in [0.25, 0.3) is 0 Å². The summed E-state index contributed by atoms with van der Waals surface area (Å²) in [7, 11) is 0. The molecule has 0 bridgehead atoms. The molecule has 1 saturated heterocycles. The highest BCUT2D eigenvalue weighted by Gasteiger charge is 2.50. The second-order valence-electron chi connectivity index (χ2n) is 8.30. The monoisotopic (exact) mass is 436 g/mol. The maximum Gasteiger partial charge on any atom is 0.338 e. The molecule has 0 spiro atoms. The van der Waals surface area contributed by atoms with Crippen LogP contribution in [0.5, 0.6) is 5.75 Å². The van der Waals surface area contributed by atoms with E-state index >= 15 is 0 Å². The molecule has 1 aliphatic carbocycles. The molecule has 7 nitrogen and oxygen atoms in total. The lowest BCUT2D eigenvalue weighted by atomic mass is 9.91. The normalized spacial score (nSPS) is 29.7. The van der Waals surface area contributed by atoms with Crippen molar-refractivity contribution in [2.75, 3.05) is 0 Å². The average molecular weight is 436 g/mol. The molecule has 1 saturated carbocycles. The van der Waals surface area contributed by atoms with Crippen molar-refractivity contribution in [1.82, 2.24) is 0 Å². The number of ether oxygens (including phenoxy) is 4. The highest BCUT2D eigenvalue weighted by Crippen LogP contribution is 2.44. The number of esters is 2. The lowest BCUT2D eigenvalue weighted by molar-refractivity contribution is -0.152. The Balaban J connectivity index is 1.29. The molecule has 0 amide bonds. The fraction of sp³-hybridized carbons (Fsp3) is 0.360. The zero-order valence-corrected chi connectivity index (χ0v) is 17.3. The summed E-state index contributed by atoms with van der Waals surface area (Å²) in [6, 6.07) is 16.3. The Labute approximate surface area is 185 Å². The van der Waals surface area contributed by atoms with Crippen molar-refractivity contribution in [3.63, 3.8) is 0 Å². The van der Waals surface area contributed by atoms with Gasteiger partial charge in [-0.3, -0.25) is 4.79 Å². The lowest BCUT2D eigenvalue weighted by Gasteiger charge is -2.28. The summed E-state index contributed by atoms with van der Waals surface area (Å²) in [5, 5.41) is 10.7. The Morgan fingerprint density at radius 2 is 1.88 bits per heavy atom. The van der Waals surface area contributed by atoms with Crippen LogP contribution in [0.4, 0.5) is 0 Å². The molecule has 1 N–H and O–H groups in total. The first kappa shape index (κ1) is 20.7. The van der Waals surface area contributed by atoms with Crippen LogP contribution in [0.1, 0.15) is 28.8 Å². The second kappa shape index (κ2) is 8.76. The molecule has 2 aliphatic heterocycles. The number of hydrogen-bond donors (Lipinski definition) is 1. The predicted octanol–water partition coefficient (Wildman–Crippen LogP) is 3.02. The van der Waals surface area contributed by atoms with Crippen molar-refractivity contribution in [2.45, 2.75) is 44.1 Å². The van der Waals surface area contributed by atoms with Crippen molar-refractivity contribution in [1.29, 1.82) is 0 Å². The first-order valence-corrected chi connectivity index (χ1v) is 10.8. The Kier molecular flexibility index (Phi) is 5.68. The van der Waals surface area contributed by atoms with E-state index in [1.807, 2.05) is 30.3 Å². The van der Waals surface area contributed by atoms with Crippen molar-refractivity contribution >= 4 is 11.9 Å². The molecule has 2 aromatic rings. The number of para-hydroxylation sites is 1. The number of rotatable bonds is 5. The summed E-state index contributed by atoms with van der Waals surface area (Å²) in [5.74, 6) is -0.349. The smallest absolute Gasteiger partial charge is 0.338 e. The van der Waals surface area contributed by atoms with Gasteiger partial charge in [-0.05, 0) is 18.2 Å². The van der Waals surface area contributed by atoms with Crippen LogP contribution in [-0.2, 0) is 25.6 Å². The summed E-state index contributed by atoms with van der Waals surface area (Å²) in [6.07, 6.45) is 1.48. The minimum absolute atomic E-state index is 0.103. The van der Waals surface area contributed by atoms with Crippen molar-refractivity contribution in [3.05, 3.63) is 77.9 Å². The van der Waals surface area contributed by atoms with Crippen LogP contribution in [0.2, 0.25) is 0 Å². The molecule has 5 rings (SSSR count). The maximum absolute atomic E-state index is 12.6. The summed E-state index contributed by atoms with van der Waals surface area (Å²) in [4.78, 5) is 24.4. The molecule has 32 heavy (non-hydrogen) atoms. The molecule has 2 fully saturated rings. The van der Waals surface area contributed by atoms with Crippen LogP contribution in [-0.4, -0.2) is 41.6 Å². The van der Waals surface area contributed by atoms with Crippen molar-refractivity contribution in [3.8, 4) is 5.75 Å². The van der Waals surface area contributed by atoms with Gasteiger partial charge in [-0.2, -0.15) is 0 Å². The summed E-state index contributed by atoms with van der Waals surface area (Å²) < 4.78 is 22.6. The molecule has 166 valence electrons. The van der Waals surface area contributed by atoms with Gasteiger partial charge in [-0.15, -0.1) is 0 Å². The molecule has 0 radical (unpaired) electrons. The van der Waals surface area contributed by atoms with Gasteiger partial charge in [0, 0.05) is 23.8 Å². The minimum Gasteiger partial charge on any atom is -0.462 e. The standard InChI is InChI=1S/C25H24O7/c26-19(25-29-14-16-8-4-5-9-20(16)32-25)11-10-17-18-12-23(27)30-22(18)13-21(17)31-24(28)15-6-2-1-3-7-15/h1-11,17-19,21-22,25-26H,12-14H2/t17-,18-,19-,21-,22+,25?/m1/s1. The van der Waals surface area contributed by atoms with E-state index in [9.17, 15) is 14.7 Å². The molecule has 1 unspecified atom stereocenters. The zero-order valence-electron chi connectivity index (χ0n) is 17.3. The van der Waals surface area contributed by atoms with E-state index in [4.69, 9.17) is 18.9 Å². The number of hydrogen-bond acceptors (Lipinski definition) is 7. The largest absolute Gasteiger partial charge is 0.462 e. The molecule has 7 heteroatoms. The molecule has 0 aromatic heterocycles. The first-order chi connectivity index (χ1) is 15.6. The van der Waals surface area contributed by atoms with Gasteiger partial charge >= 0.3 is 11.9 Å². The van der Waals surface area contributed by atoms with Crippen LogP contribution in [0, 0.1) is 11.8 Å². The lowest BCUT2D eigenvalue weighted by Crippen LogP contribution is -2.36. The first-order valence-electron chi connectivity index (χ1n) is 10.8. The third-order valence-corrected chi connectivity index (χ3v) is 6.25. The third kappa shape index (κ3) is 4.13. The highest BCUT2D eigenvalue weighted by atomic mass is 16.7. The number of carbonyl (C=O) groups excluding carboxylic acids is 2. The number of carbonyl (C=O) groups is 2. The summed E-state index contributed by atoms with van der Waals surface area (Å²) in [5.41, 5.74) is 1.39. The maximum atomic E-state index is 12.6. The molecule has 3 aliphatic rings. The quantitative estimate of drug-likeness (QED) is 0.569. The van der Waals surface area contributed by atoms with E-state index < -0.39 is 24.5 Å². The van der Waals surface area contributed by atoms with Gasteiger partial charge in [0.1, 0.15) is 24.1 Å². The summed E-state index contributed by atoms with van der Waals surface area (Å²) >= 11 is 0. The SMILES string of the molecule is O=C1C[C@@H]2[C@@H](C=C[C@@H](O)C3OCc4ccccc4O3)[C@H](OC(=O)c3ccccc3)C[C@@H]2O1. The van der Waals surface area contributed by atoms with E-state index in [2.05, 4.69) is 0 Å². The average Bonchev–Trinajstić information content (AvgIpc) is 3.33.